The molecular formula is C27H21F3N2O2S. The van der Waals surface area contributed by atoms with Gasteiger partial charge in [0.05, 0.1) is 16.5 Å². The summed E-state index contributed by atoms with van der Waals surface area (Å²) in [6.45, 7) is 1.62. The Labute approximate surface area is 204 Å². The maximum atomic E-state index is 13.2. The number of carbonyl (C=O) groups is 2. The first-order chi connectivity index (χ1) is 16.7. The summed E-state index contributed by atoms with van der Waals surface area (Å²) in [5.41, 5.74) is -0.0449. The average Bonchev–Trinajstić information content (AvgIpc) is 2.84. The number of amides is 2. The molecule has 0 saturated carbocycles. The highest BCUT2D eigenvalue weighted by molar-refractivity contribution is 8.00. The summed E-state index contributed by atoms with van der Waals surface area (Å²) < 4.78 is 39.5. The Morgan fingerprint density at radius 2 is 1.46 bits per heavy atom. The van der Waals surface area contributed by atoms with Crippen LogP contribution in [0.5, 0.6) is 0 Å². The zero-order chi connectivity index (χ0) is 25.0. The van der Waals surface area contributed by atoms with Gasteiger partial charge in [0.25, 0.3) is 5.91 Å². The van der Waals surface area contributed by atoms with Gasteiger partial charge in [0.15, 0.2) is 0 Å². The Morgan fingerprint density at radius 1 is 0.800 bits per heavy atom. The van der Waals surface area contributed by atoms with Gasteiger partial charge in [-0.1, -0.05) is 42.5 Å². The molecule has 2 N–H and O–H groups in total. The Kier molecular flexibility index (Phi) is 7.12. The normalized spacial score (nSPS) is 12.2. The van der Waals surface area contributed by atoms with Gasteiger partial charge in [0.1, 0.15) is 0 Å². The molecule has 0 aliphatic carbocycles. The van der Waals surface area contributed by atoms with Gasteiger partial charge in [-0.05, 0) is 66.2 Å². The minimum atomic E-state index is -4.56. The van der Waals surface area contributed by atoms with Crippen LogP contribution in [0.3, 0.4) is 0 Å². The third-order valence-electron chi connectivity index (χ3n) is 5.30. The van der Waals surface area contributed by atoms with Crippen LogP contribution in [-0.4, -0.2) is 17.1 Å². The van der Waals surface area contributed by atoms with Crippen molar-refractivity contribution in [3.8, 4) is 0 Å². The molecule has 35 heavy (non-hydrogen) atoms. The second kappa shape index (κ2) is 10.2. The highest BCUT2D eigenvalue weighted by atomic mass is 32.2. The summed E-state index contributed by atoms with van der Waals surface area (Å²) in [6, 6.07) is 25.0. The summed E-state index contributed by atoms with van der Waals surface area (Å²) in [6.07, 6.45) is -4.56. The molecule has 0 spiro atoms. The molecule has 0 aliphatic heterocycles. The van der Waals surface area contributed by atoms with E-state index in [1.807, 2.05) is 36.4 Å². The summed E-state index contributed by atoms with van der Waals surface area (Å²) >= 11 is 1.20. The number of halogens is 3. The van der Waals surface area contributed by atoms with Gasteiger partial charge in [-0.3, -0.25) is 9.59 Å². The van der Waals surface area contributed by atoms with Gasteiger partial charge in [-0.2, -0.15) is 13.2 Å². The molecule has 4 nitrogen and oxygen atoms in total. The molecule has 0 aromatic heterocycles. The van der Waals surface area contributed by atoms with E-state index in [0.29, 0.717) is 11.3 Å². The molecule has 1 unspecified atom stereocenters. The maximum Gasteiger partial charge on any atom is 0.418 e. The fourth-order valence-corrected chi connectivity index (χ4v) is 4.35. The van der Waals surface area contributed by atoms with Crippen molar-refractivity contribution in [2.24, 2.45) is 0 Å². The van der Waals surface area contributed by atoms with E-state index in [2.05, 4.69) is 10.6 Å². The molecule has 0 radical (unpaired) electrons. The molecular weight excluding hydrogens is 473 g/mol. The molecule has 8 heteroatoms. The Hall–Kier alpha value is -3.78. The Morgan fingerprint density at radius 3 is 2.17 bits per heavy atom. The van der Waals surface area contributed by atoms with Crippen LogP contribution in [0.15, 0.2) is 95.9 Å². The topological polar surface area (TPSA) is 58.2 Å². The lowest BCUT2D eigenvalue weighted by molar-refractivity contribution is -0.137. The third-order valence-corrected chi connectivity index (χ3v) is 6.41. The molecule has 0 fully saturated rings. The van der Waals surface area contributed by atoms with Gasteiger partial charge >= 0.3 is 6.18 Å². The molecule has 4 rings (SSSR count). The van der Waals surface area contributed by atoms with Crippen LogP contribution >= 0.6 is 11.8 Å². The molecule has 0 aliphatic rings. The summed E-state index contributed by atoms with van der Waals surface area (Å²) in [4.78, 5) is 25.9. The molecule has 0 heterocycles. The molecule has 2 amide bonds. The van der Waals surface area contributed by atoms with E-state index < -0.39 is 22.9 Å². The van der Waals surface area contributed by atoms with E-state index in [1.165, 1.54) is 30.0 Å². The summed E-state index contributed by atoms with van der Waals surface area (Å²) in [5.74, 6) is -0.785. The number of benzene rings is 4. The average molecular weight is 495 g/mol. The van der Waals surface area contributed by atoms with Gasteiger partial charge in [-0.15, -0.1) is 11.8 Å². The number of anilines is 2. The largest absolute Gasteiger partial charge is 0.418 e. The molecule has 0 saturated heterocycles. The van der Waals surface area contributed by atoms with Crippen molar-refractivity contribution in [1.29, 1.82) is 0 Å². The van der Waals surface area contributed by atoms with Crippen LogP contribution in [-0.2, 0) is 11.0 Å². The minimum absolute atomic E-state index is 0.243. The van der Waals surface area contributed by atoms with Crippen molar-refractivity contribution < 1.29 is 22.8 Å². The minimum Gasteiger partial charge on any atom is -0.325 e. The summed E-state index contributed by atoms with van der Waals surface area (Å²) in [7, 11) is 0. The molecule has 4 aromatic rings. The first kappa shape index (κ1) is 24.3. The number of rotatable bonds is 6. The predicted octanol–water partition coefficient (Wildman–Crippen LogP) is 7.23. The lowest BCUT2D eigenvalue weighted by Crippen LogP contribution is -2.24. The highest BCUT2D eigenvalue weighted by Gasteiger charge is 2.33. The number of alkyl halides is 3. The summed E-state index contributed by atoms with van der Waals surface area (Å²) in [5, 5.41) is 6.59. The quantitative estimate of drug-likeness (QED) is 0.278. The van der Waals surface area contributed by atoms with E-state index in [-0.39, 0.29) is 11.6 Å². The SMILES string of the molecule is CC(Sc1ccc(NC(=O)c2ccc3ccccc3c2)cc1)C(=O)Nc1ccccc1C(F)(F)F. The zero-order valence-electron chi connectivity index (χ0n) is 18.6. The van der Waals surface area contributed by atoms with Crippen LogP contribution in [0.1, 0.15) is 22.8 Å². The number of para-hydroxylation sites is 1. The number of nitrogens with one attached hydrogen (secondary N) is 2. The molecule has 0 bridgehead atoms. The predicted molar refractivity (Wildman–Crippen MR) is 134 cm³/mol. The van der Waals surface area contributed by atoms with Crippen LogP contribution in [0.4, 0.5) is 24.5 Å². The first-order valence-corrected chi connectivity index (χ1v) is 11.6. The van der Waals surface area contributed by atoms with Crippen LogP contribution < -0.4 is 10.6 Å². The smallest absolute Gasteiger partial charge is 0.325 e. The van der Waals surface area contributed by atoms with E-state index in [0.717, 1.165) is 21.7 Å². The second-order valence-corrected chi connectivity index (χ2v) is 9.25. The van der Waals surface area contributed by atoms with E-state index >= 15 is 0 Å². The number of hydrogen-bond donors (Lipinski definition) is 2. The van der Waals surface area contributed by atoms with Gasteiger partial charge < -0.3 is 10.6 Å². The lowest BCUT2D eigenvalue weighted by Gasteiger charge is -2.16. The molecule has 4 aromatic carbocycles. The van der Waals surface area contributed by atoms with Crippen LogP contribution in [0.25, 0.3) is 10.8 Å². The number of thioether (sulfide) groups is 1. The first-order valence-electron chi connectivity index (χ1n) is 10.7. The van der Waals surface area contributed by atoms with Crippen molar-refractivity contribution in [2.45, 2.75) is 23.2 Å². The fraction of sp³-hybridized carbons (Fsp3) is 0.111. The fourth-order valence-electron chi connectivity index (χ4n) is 3.48. The Bertz CT molecular complexity index is 1370. The van der Waals surface area contributed by atoms with E-state index in [1.54, 1.807) is 37.3 Å². The Balaban J connectivity index is 1.37. The van der Waals surface area contributed by atoms with Crippen LogP contribution in [0.2, 0.25) is 0 Å². The van der Waals surface area contributed by atoms with Crippen molar-refractivity contribution in [1.82, 2.24) is 0 Å². The second-order valence-electron chi connectivity index (χ2n) is 7.83. The zero-order valence-corrected chi connectivity index (χ0v) is 19.4. The van der Waals surface area contributed by atoms with Gasteiger partial charge in [0.2, 0.25) is 5.91 Å². The van der Waals surface area contributed by atoms with Crippen molar-refractivity contribution in [2.75, 3.05) is 10.6 Å². The molecule has 178 valence electrons. The standard InChI is InChI=1S/C27H21F3N2O2S/c1-17(25(33)32-24-9-5-4-8-23(24)27(28,29)30)35-22-14-12-21(13-15-22)31-26(34)20-11-10-18-6-2-3-7-19(18)16-20/h2-17H,1H3,(H,31,34)(H,32,33). The van der Waals surface area contributed by atoms with Crippen molar-refractivity contribution >= 4 is 45.7 Å². The number of hydrogen-bond acceptors (Lipinski definition) is 3. The van der Waals surface area contributed by atoms with Crippen LogP contribution in [0, 0.1) is 0 Å². The van der Waals surface area contributed by atoms with Crippen molar-refractivity contribution in [3.63, 3.8) is 0 Å². The van der Waals surface area contributed by atoms with Crippen molar-refractivity contribution in [3.05, 3.63) is 102 Å². The number of fused-ring (bicyclic) bond motifs is 1. The van der Waals surface area contributed by atoms with Gasteiger partial charge in [0, 0.05) is 16.1 Å². The maximum absolute atomic E-state index is 13.2. The molecule has 1 atom stereocenters. The number of carbonyl (C=O) groups excluding carboxylic acids is 2. The monoisotopic (exact) mass is 494 g/mol. The third kappa shape index (κ3) is 6.02. The van der Waals surface area contributed by atoms with E-state index in [9.17, 15) is 22.8 Å². The lowest BCUT2D eigenvalue weighted by atomic mass is 10.1. The highest BCUT2D eigenvalue weighted by Crippen LogP contribution is 2.35. The van der Waals surface area contributed by atoms with E-state index in [4.69, 9.17) is 0 Å². The van der Waals surface area contributed by atoms with Gasteiger partial charge in [-0.25, -0.2) is 0 Å².